The second-order valence-corrected chi connectivity index (χ2v) is 7.22. The summed E-state index contributed by atoms with van der Waals surface area (Å²) < 4.78 is 5.88. The predicted molar refractivity (Wildman–Crippen MR) is 99.8 cm³/mol. The van der Waals surface area contributed by atoms with Crippen molar-refractivity contribution < 1.29 is 19.1 Å². The summed E-state index contributed by atoms with van der Waals surface area (Å²) in [4.78, 5) is 31.9. The smallest absolute Gasteiger partial charge is 0.407 e. The number of amides is 2. The van der Waals surface area contributed by atoms with E-state index in [9.17, 15) is 9.59 Å². The molecule has 0 bridgehead atoms. The third-order valence-corrected chi connectivity index (χ3v) is 5.45. The van der Waals surface area contributed by atoms with Crippen LogP contribution in [0.1, 0.15) is 32.1 Å². The first kappa shape index (κ1) is 17.6. The molecule has 0 saturated carbocycles. The molecule has 0 spiro atoms. The molecule has 0 unspecified atom stereocenters. The molecule has 1 atom stereocenters. The molecule has 2 saturated heterocycles. The van der Waals surface area contributed by atoms with Gasteiger partial charge in [-0.2, -0.15) is 4.98 Å². The molecule has 2 amide bonds. The Bertz CT molecular complexity index is 795. The van der Waals surface area contributed by atoms with Crippen LogP contribution in [-0.4, -0.2) is 58.7 Å². The zero-order chi connectivity index (χ0) is 18.8. The summed E-state index contributed by atoms with van der Waals surface area (Å²) in [6.07, 6.45) is 3.15. The summed E-state index contributed by atoms with van der Waals surface area (Å²) in [5, 5.41) is 12.2. The number of likely N-dealkylation sites (tertiary alicyclic amines) is 1. The Labute approximate surface area is 157 Å². The third-order valence-electron chi connectivity index (χ3n) is 5.45. The van der Waals surface area contributed by atoms with Crippen molar-refractivity contribution in [2.45, 2.75) is 44.2 Å². The minimum Gasteiger partial charge on any atom is -0.465 e. The molecule has 2 fully saturated rings. The Morgan fingerprint density at radius 2 is 1.89 bits per heavy atom. The molecule has 8 nitrogen and oxygen atoms in total. The number of rotatable bonds is 3. The van der Waals surface area contributed by atoms with Crippen molar-refractivity contribution in [1.82, 2.24) is 15.2 Å². The highest BCUT2D eigenvalue weighted by Gasteiger charge is 2.33. The molecule has 1 aromatic heterocycles. The van der Waals surface area contributed by atoms with Gasteiger partial charge in [-0.05, 0) is 44.2 Å². The van der Waals surface area contributed by atoms with E-state index in [1.165, 1.54) is 4.90 Å². The average molecular weight is 372 g/mol. The minimum absolute atomic E-state index is 0.0144. The predicted octanol–water partition coefficient (Wildman–Crippen LogP) is 2.45. The van der Waals surface area contributed by atoms with Gasteiger partial charge in [0.25, 0.3) is 6.01 Å². The summed E-state index contributed by atoms with van der Waals surface area (Å²) >= 11 is 0. The lowest BCUT2D eigenvalue weighted by molar-refractivity contribution is -0.123. The van der Waals surface area contributed by atoms with Gasteiger partial charge in [0.1, 0.15) is 11.6 Å². The number of carbonyl (C=O) groups is 2. The van der Waals surface area contributed by atoms with Crippen molar-refractivity contribution in [3.8, 4) is 0 Å². The van der Waals surface area contributed by atoms with Crippen LogP contribution < -0.4 is 10.2 Å². The number of fused-ring (bicyclic) bond motifs is 1. The number of benzene rings is 1. The first-order valence-corrected chi connectivity index (χ1v) is 9.52. The van der Waals surface area contributed by atoms with E-state index in [0.717, 1.165) is 36.9 Å². The highest BCUT2D eigenvalue weighted by Crippen LogP contribution is 2.28. The Balaban J connectivity index is 1.44. The molecule has 144 valence electrons. The van der Waals surface area contributed by atoms with Crippen LogP contribution >= 0.6 is 0 Å². The van der Waals surface area contributed by atoms with E-state index < -0.39 is 6.09 Å². The lowest BCUT2D eigenvalue weighted by Crippen LogP contribution is -2.54. The van der Waals surface area contributed by atoms with Crippen LogP contribution in [0.15, 0.2) is 28.7 Å². The summed E-state index contributed by atoms with van der Waals surface area (Å²) in [6, 6.07) is 7.81. The van der Waals surface area contributed by atoms with Crippen LogP contribution in [0.3, 0.4) is 0 Å². The first-order valence-electron chi connectivity index (χ1n) is 9.52. The van der Waals surface area contributed by atoms with Gasteiger partial charge in [0.2, 0.25) is 5.91 Å². The van der Waals surface area contributed by atoms with Crippen LogP contribution in [0.2, 0.25) is 0 Å². The van der Waals surface area contributed by atoms with Crippen molar-refractivity contribution in [2.75, 3.05) is 24.5 Å². The number of aromatic nitrogens is 1. The van der Waals surface area contributed by atoms with Crippen molar-refractivity contribution in [3.05, 3.63) is 24.3 Å². The Kier molecular flexibility index (Phi) is 4.87. The number of carboxylic acid groups (broad SMARTS) is 1. The van der Waals surface area contributed by atoms with Crippen molar-refractivity contribution >= 4 is 29.1 Å². The number of anilines is 1. The molecule has 3 heterocycles. The molecule has 2 aromatic rings. The SMILES string of the molecule is O=C(NC1CCN(C(=O)O)CC1)[C@@H]1CCCCN1c1nc2ccccc2o1. The molecular formula is C19H24N4O4. The van der Waals surface area contributed by atoms with Crippen molar-refractivity contribution in [2.24, 2.45) is 0 Å². The summed E-state index contributed by atoms with van der Waals surface area (Å²) in [5.41, 5.74) is 1.51. The summed E-state index contributed by atoms with van der Waals surface area (Å²) in [6.45, 7) is 1.65. The molecule has 0 radical (unpaired) electrons. The lowest BCUT2D eigenvalue weighted by atomic mass is 10.00. The molecule has 4 rings (SSSR count). The molecule has 27 heavy (non-hydrogen) atoms. The molecule has 8 heteroatoms. The van der Waals surface area contributed by atoms with Gasteiger partial charge in [-0.3, -0.25) is 4.79 Å². The highest BCUT2D eigenvalue weighted by atomic mass is 16.4. The topological polar surface area (TPSA) is 98.9 Å². The normalized spacial score (nSPS) is 21.4. The van der Waals surface area contributed by atoms with Crippen molar-refractivity contribution in [3.63, 3.8) is 0 Å². The number of carbonyl (C=O) groups excluding carboxylic acids is 1. The fraction of sp³-hybridized carbons (Fsp3) is 0.526. The van der Waals surface area contributed by atoms with E-state index in [1.54, 1.807) is 0 Å². The van der Waals surface area contributed by atoms with Gasteiger partial charge in [0.05, 0.1) is 0 Å². The maximum atomic E-state index is 12.9. The van der Waals surface area contributed by atoms with Crippen LogP contribution in [0.25, 0.3) is 11.1 Å². The fourth-order valence-corrected chi connectivity index (χ4v) is 3.93. The van der Waals surface area contributed by atoms with E-state index in [0.29, 0.717) is 31.9 Å². The number of oxazole rings is 1. The number of hydrogen-bond acceptors (Lipinski definition) is 5. The van der Waals surface area contributed by atoms with E-state index in [-0.39, 0.29) is 18.0 Å². The zero-order valence-electron chi connectivity index (χ0n) is 15.1. The van der Waals surface area contributed by atoms with Gasteiger partial charge in [-0.1, -0.05) is 12.1 Å². The Morgan fingerprint density at radius 1 is 1.11 bits per heavy atom. The maximum absolute atomic E-state index is 12.9. The molecule has 2 N–H and O–H groups in total. The van der Waals surface area contributed by atoms with Gasteiger partial charge in [0, 0.05) is 25.7 Å². The second kappa shape index (κ2) is 7.46. The molecule has 2 aliphatic heterocycles. The van der Waals surface area contributed by atoms with Crippen LogP contribution in [0, 0.1) is 0 Å². The number of para-hydroxylation sites is 2. The zero-order valence-corrected chi connectivity index (χ0v) is 15.1. The van der Waals surface area contributed by atoms with Gasteiger partial charge in [-0.25, -0.2) is 4.79 Å². The first-order chi connectivity index (χ1) is 13.1. The second-order valence-electron chi connectivity index (χ2n) is 7.22. The Morgan fingerprint density at radius 3 is 2.63 bits per heavy atom. The number of piperidine rings is 2. The van der Waals surface area contributed by atoms with Crippen molar-refractivity contribution in [1.29, 1.82) is 0 Å². The molecular weight excluding hydrogens is 348 g/mol. The molecule has 1 aromatic carbocycles. The molecule has 0 aliphatic carbocycles. The van der Waals surface area contributed by atoms with E-state index in [1.807, 2.05) is 29.2 Å². The summed E-state index contributed by atoms with van der Waals surface area (Å²) in [5.74, 6) is -0.0225. The molecule has 2 aliphatic rings. The number of nitrogens with zero attached hydrogens (tertiary/aromatic N) is 3. The van der Waals surface area contributed by atoms with E-state index in [4.69, 9.17) is 9.52 Å². The van der Waals surface area contributed by atoms with Gasteiger partial charge >= 0.3 is 6.09 Å². The standard InChI is InChI=1S/C19H24N4O4/c24-17(20-13-8-11-22(12-9-13)19(25)26)15-6-3-4-10-23(15)18-21-14-5-1-2-7-16(14)27-18/h1-2,5,7,13,15H,3-4,6,8-12H2,(H,20,24)(H,25,26)/t15-/m0/s1. The Hall–Kier alpha value is -2.77. The van der Waals surface area contributed by atoms with Crippen LogP contribution in [0.4, 0.5) is 10.8 Å². The van der Waals surface area contributed by atoms with Gasteiger partial charge < -0.3 is 24.6 Å². The van der Waals surface area contributed by atoms with E-state index in [2.05, 4.69) is 10.3 Å². The van der Waals surface area contributed by atoms with E-state index >= 15 is 0 Å². The largest absolute Gasteiger partial charge is 0.465 e. The third kappa shape index (κ3) is 3.70. The van der Waals surface area contributed by atoms with Crippen LogP contribution in [-0.2, 0) is 4.79 Å². The number of nitrogens with one attached hydrogen (secondary N) is 1. The van der Waals surface area contributed by atoms with Crippen LogP contribution in [0.5, 0.6) is 0 Å². The quantitative estimate of drug-likeness (QED) is 0.859. The van der Waals surface area contributed by atoms with Gasteiger partial charge in [0.15, 0.2) is 5.58 Å². The number of hydrogen-bond donors (Lipinski definition) is 2. The minimum atomic E-state index is -0.894. The monoisotopic (exact) mass is 372 g/mol. The average Bonchev–Trinajstić information content (AvgIpc) is 3.12. The summed E-state index contributed by atoms with van der Waals surface area (Å²) in [7, 11) is 0. The van der Waals surface area contributed by atoms with Gasteiger partial charge in [-0.15, -0.1) is 0 Å². The highest BCUT2D eigenvalue weighted by molar-refractivity contribution is 5.85. The maximum Gasteiger partial charge on any atom is 0.407 e. The fourth-order valence-electron chi connectivity index (χ4n) is 3.93. The lowest BCUT2D eigenvalue weighted by Gasteiger charge is -2.36.